The lowest BCUT2D eigenvalue weighted by molar-refractivity contribution is -0.116. The van der Waals surface area contributed by atoms with Crippen molar-refractivity contribution >= 4 is 49.4 Å². The number of thioether (sulfide) groups is 1. The Kier molecular flexibility index (Phi) is 5.73. The normalized spacial score (nSPS) is 13.4. The fourth-order valence-corrected chi connectivity index (χ4v) is 3.35. The lowest BCUT2D eigenvalue weighted by Crippen LogP contribution is -2.07. The molecule has 0 aliphatic rings. The molecule has 0 saturated heterocycles. The van der Waals surface area contributed by atoms with Crippen LogP contribution in [0.5, 0.6) is 0 Å². The third-order valence-corrected chi connectivity index (χ3v) is 4.69. The summed E-state index contributed by atoms with van der Waals surface area (Å²) in [6.07, 6.45) is 0. The predicted octanol–water partition coefficient (Wildman–Crippen LogP) is 5.22. The SMILES string of the molecule is CC(=O)C(Br)c1cccc(SC(F)(F)F)c1CBr. The first-order valence-corrected chi connectivity index (χ1v) is 7.69. The molecular weight excluding hydrogens is 397 g/mol. The van der Waals surface area contributed by atoms with Gasteiger partial charge in [-0.15, -0.1) is 0 Å². The van der Waals surface area contributed by atoms with E-state index >= 15 is 0 Å². The van der Waals surface area contributed by atoms with Crippen molar-refractivity contribution in [2.24, 2.45) is 0 Å². The van der Waals surface area contributed by atoms with E-state index in [0.717, 1.165) is 0 Å². The molecule has 0 aliphatic heterocycles. The zero-order chi connectivity index (χ0) is 13.9. The third kappa shape index (κ3) is 4.28. The van der Waals surface area contributed by atoms with Gasteiger partial charge in [0, 0.05) is 10.2 Å². The number of carbonyl (C=O) groups excluding carboxylic acids is 1. The van der Waals surface area contributed by atoms with Crippen LogP contribution in [0.25, 0.3) is 0 Å². The number of rotatable bonds is 4. The minimum atomic E-state index is -4.34. The molecule has 1 aromatic carbocycles. The number of hydrogen-bond donors (Lipinski definition) is 0. The van der Waals surface area contributed by atoms with E-state index in [-0.39, 0.29) is 27.8 Å². The number of ketones is 1. The number of carbonyl (C=O) groups is 1. The van der Waals surface area contributed by atoms with E-state index < -0.39 is 10.3 Å². The number of Topliss-reactive ketones (excluding diaryl/α,β-unsaturated/α-hetero) is 1. The van der Waals surface area contributed by atoms with Gasteiger partial charge in [0.15, 0.2) is 0 Å². The summed E-state index contributed by atoms with van der Waals surface area (Å²) in [6, 6.07) is 4.57. The predicted molar refractivity (Wildman–Crippen MR) is 73.3 cm³/mol. The van der Waals surface area contributed by atoms with Crippen LogP contribution >= 0.6 is 43.6 Å². The van der Waals surface area contributed by atoms with E-state index in [0.29, 0.717) is 11.1 Å². The Morgan fingerprint density at radius 1 is 1.44 bits per heavy atom. The van der Waals surface area contributed by atoms with Gasteiger partial charge in [0.05, 0.1) is 4.83 Å². The zero-order valence-corrected chi connectivity index (χ0v) is 13.2. The molecule has 7 heteroatoms. The topological polar surface area (TPSA) is 17.1 Å². The molecule has 0 aliphatic carbocycles. The Bertz CT molecular complexity index is 448. The molecule has 0 bridgehead atoms. The average molecular weight is 406 g/mol. The molecule has 0 aromatic heterocycles. The molecule has 0 saturated carbocycles. The largest absolute Gasteiger partial charge is 0.446 e. The van der Waals surface area contributed by atoms with Crippen molar-refractivity contribution in [1.82, 2.24) is 0 Å². The summed E-state index contributed by atoms with van der Waals surface area (Å²) in [4.78, 5) is 10.8. The van der Waals surface area contributed by atoms with E-state index in [2.05, 4.69) is 31.9 Å². The average Bonchev–Trinajstić information content (AvgIpc) is 2.25. The van der Waals surface area contributed by atoms with Crippen LogP contribution in [0.1, 0.15) is 22.9 Å². The first-order valence-electron chi connectivity index (χ1n) is 4.84. The van der Waals surface area contributed by atoms with Crippen LogP contribution < -0.4 is 0 Å². The molecule has 0 heterocycles. The molecular formula is C11H9Br2F3OS. The van der Waals surface area contributed by atoms with E-state index in [9.17, 15) is 18.0 Å². The van der Waals surface area contributed by atoms with Gasteiger partial charge in [-0.3, -0.25) is 4.79 Å². The summed E-state index contributed by atoms with van der Waals surface area (Å²) in [5.74, 6) is -0.147. The van der Waals surface area contributed by atoms with Crippen molar-refractivity contribution in [3.8, 4) is 0 Å². The molecule has 1 atom stereocenters. The van der Waals surface area contributed by atoms with E-state index in [1.165, 1.54) is 19.1 Å². The van der Waals surface area contributed by atoms with Gasteiger partial charge in [-0.05, 0) is 35.9 Å². The van der Waals surface area contributed by atoms with Crippen LogP contribution in [0.4, 0.5) is 13.2 Å². The molecule has 1 aromatic rings. The Morgan fingerprint density at radius 2 is 2.06 bits per heavy atom. The number of hydrogen-bond acceptors (Lipinski definition) is 2. The second kappa shape index (κ2) is 6.43. The van der Waals surface area contributed by atoms with Gasteiger partial charge in [-0.25, -0.2) is 0 Å². The van der Waals surface area contributed by atoms with Gasteiger partial charge < -0.3 is 0 Å². The maximum absolute atomic E-state index is 12.4. The van der Waals surface area contributed by atoms with Crippen molar-refractivity contribution in [1.29, 1.82) is 0 Å². The molecule has 0 N–H and O–H groups in total. The van der Waals surface area contributed by atoms with Gasteiger partial charge >= 0.3 is 5.51 Å². The Hall–Kier alpha value is -0.0100. The van der Waals surface area contributed by atoms with Crippen LogP contribution in [0.2, 0.25) is 0 Å². The third-order valence-electron chi connectivity index (χ3n) is 2.16. The highest BCUT2D eigenvalue weighted by atomic mass is 79.9. The Labute approximate surface area is 124 Å². The van der Waals surface area contributed by atoms with Gasteiger partial charge in [0.25, 0.3) is 0 Å². The summed E-state index contributed by atoms with van der Waals surface area (Å²) in [5, 5.41) is 0.261. The smallest absolute Gasteiger partial charge is 0.298 e. The second-order valence-corrected chi connectivity index (χ2v) is 6.06. The lowest BCUT2D eigenvalue weighted by Gasteiger charge is -2.16. The van der Waals surface area contributed by atoms with Crippen molar-refractivity contribution in [2.75, 3.05) is 0 Å². The van der Waals surface area contributed by atoms with E-state index in [4.69, 9.17) is 0 Å². The van der Waals surface area contributed by atoms with Crippen LogP contribution in [0.3, 0.4) is 0 Å². The van der Waals surface area contributed by atoms with E-state index in [1.54, 1.807) is 6.07 Å². The second-order valence-electron chi connectivity index (χ2n) is 3.48. The fourth-order valence-electron chi connectivity index (χ4n) is 1.40. The fraction of sp³-hybridized carbons (Fsp3) is 0.364. The first-order chi connectivity index (χ1) is 8.26. The molecule has 1 nitrogen and oxygen atoms in total. The van der Waals surface area contributed by atoms with Gasteiger partial charge in [0.1, 0.15) is 5.78 Å². The standard InChI is InChI=1S/C11H9Br2F3OS/c1-6(17)10(13)7-3-2-4-9(8(7)5-12)18-11(14,15)16/h2-4,10H,5H2,1H3. The summed E-state index contributed by atoms with van der Waals surface area (Å²) >= 11 is 6.20. The molecule has 1 rings (SSSR count). The van der Waals surface area contributed by atoms with Gasteiger partial charge in [-0.1, -0.05) is 44.0 Å². The number of halogens is 5. The molecule has 0 fully saturated rings. The maximum Gasteiger partial charge on any atom is 0.446 e. The molecule has 0 spiro atoms. The van der Waals surface area contributed by atoms with Crippen LogP contribution in [0, 0.1) is 0 Å². The number of benzene rings is 1. The molecule has 0 amide bonds. The van der Waals surface area contributed by atoms with Crippen LogP contribution in [0.15, 0.2) is 23.1 Å². The highest BCUT2D eigenvalue weighted by Crippen LogP contribution is 2.41. The number of alkyl halides is 5. The lowest BCUT2D eigenvalue weighted by atomic mass is 10.0. The Balaban J connectivity index is 3.22. The minimum Gasteiger partial charge on any atom is -0.298 e. The van der Waals surface area contributed by atoms with Crippen LogP contribution in [-0.2, 0) is 10.1 Å². The Morgan fingerprint density at radius 3 is 2.50 bits per heavy atom. The van der Waals surface area contributed by atoms with Crippen LogP contribution in [-0.4, -0.2) is 11.3 Å². The molecule has 18 heavy (non-hydrogen) atoms. The van der Waals surface area contributed by atoms with Crippen molar-refractivity contribution in [2.45, 2.75) is 27.5 Å². The zero-order valence-electron chi connectivity index (χ0n) is 9.22. The van der Waals surface area contributed by atoms with E-state index in [1.807, 2.05) is 0 Å². The summed E-state index contributed by atoms with van der Waals surface area (Å²) in [6.45, 7) is 1.39. The highest BCUT2D eigenvalue weighted by Gasteiger charge is 2.31. The van der Waals surface area contributed by atoms with Gasteiger partial charge in [0.2, 0.25) is 0 Å². The minimum absolute atomic E-state index is 0.113. The quantitative estimate of drug-likeness (QED) is 0.504. The molecule has 0 radical (unpaired) electrons. The summed E-state index contributed by atoms with van der Waals surface area (Å²) in [7, 11) is 0. The molecule has 1 unspecified atom stereocenters. The highest BCUT2D eigenvalue weighted by molar-refractivity contribution is 9.09. The van der Waals surface area contributed by atoms with Crippen molar-refractivity contribution < 1.29 is 18.0 Å². The molecule has 100 valence electrons. The summed E-state index contributed by atoms with van der Waals surface area (Å²) < 4.78 is 37.3. The summed E-state index contributed by atoms with van der Waals surface area (Å²) in [5.41, 5.74) is -3.29. The monoisotopic (exact) mass is 404 g/mol. The van der Waals surface area contributed by atoms with Crippen molar-refractivity contribution in [3.05, 3.63) is 29.3 Å². The van der Waals surface area contributed by atoms with Gasteiger partial charge in [-0.2, -0.15) is 13.2 Å². The maximum atomic E-state index is 12.4. The first kappa shape index (κ1) is 16.0. The van der Waals surface area contributed by atoms with Crippen molar-refractivity contribution in [3.63, 3.8) is 0 Å².